The normalized spacial score (nSPS) is 21.4. The predicted molar refractivity (Wildman–Crippen MR) is 78.5 cm³/mol. The highest BCUT2D eigenvalue weighted by Crippen LogP contribution is 2.31. The SMILES string of the molecule is O=C1CN(CCc2ccccn2)C(=O)C2(CCCCC2)N1. The fourth-order valence-corrected chi connectivity index (χ4v) is 3.38. The molecule has 1 aromatic rings. The summed E-state index contributed by atoms with van der Waals surface area (Å²) >= 11 is 0. The van der Waals surface area contributed by atoms with E-state index in [2.05, 4.69) is 10.3 Å². The number of piperazine rings is 1. The Morgan fingerprint density at radius 3 is 2.71 bits per heavy atom. The van der Waals surface area contributed by atoms with Crippen molar-refractivity contribution < 1.29 is 9.59 Å². The number of nitrogens with zero attached hydrogens (tertiary/aromatic N) is 2. The van der Waals surface area contributed by atoms with E-state index in [0.29, 0.717) is 13.0 Å². The average Bonchev–Trinajstić information content (AvgIpc) is 2.51. The van der Waals surface area contributed by atoms with E-state index in [0.717, 1.165) is 37.8 Å². The smallest absolute Gasteiger partial charge is 0.248 e. The quantitative estimate of drug-likeness (QED) is 0.911. The Bertz CT molecular complexity index is 524. The van der Waals surface area contributed by atoms with Crippen LogP contribution in [-0.2, 0) is 16.0 Å². The van der Waals surface area contributed by atoms with E-state index >= 15 is 0 Å². The van der Waals surface area contributed by atoms with Gasteiger partial charge in [-0.3, -0.25) is 14.6 Å². The second-order valence-corrected chi connectivity index (χ2v) is 5.99. The number of carbonyl (C=O) groups is 2. The summed E-state index contributed by atoms with van der Waals surface area (Å²) in [5.74, 6) is 0.0650. The molecule has 2 aliphatic rings. The first kappa shape index (κ1) is 14.0. The van der Waals surface area contributed by atoms with Gasteiger partial charge in [-0.05, 0) is 25.0 Å². The van der Waals surface area contributed by atoms with Crippen molar-refractivity contribution in [1.29, 1.82) is 0 Å². The van der Waals surface area contributed by atoms with Gasteiger partial charge in [-0.1, -0.05) is 25.3 Å². The van der Waals surface area contributed by atoms with E-state index in [1.54, 1.807) is 11.1 Å². The number of rotatable bonds is 3. The highest BCUT2D eigenvalue weighted by Gasteiger charge is 2.46. The van der Waals surface area contributed by atoms with E-state index in [1.807, 2.05) is 18.2 Å². The molecule has 0 radical (unpaired) electrons. The third-order valence-corrected chi connectivity index (χ3v) is 4.48. The van der Waals surface area contributed by atoms with E-state index in [4.69, 9.17) is 0 Å². The molecule has 21 heavy (non-hydrogen) atoms. The summed E-state index contributed by atoms with van der Waals surface area (Å²) in [4.78, 5) is 30.7. The van der Waals surface area contributed by atoms with Crippen LogP contribution in [0.15, 0.2) is 24.4 Å². The molecule has 1 saturated heterocycles. The van der Waals surface area contributed by atoms with Crippen LogP contribution in [0.2, 0.25) is 0 Å². The largest absolute Gasteiger partial charge is 0.340 e. The van der Waals surface area contributed by atoms with E-state index < -0.39 is 5.54 Å². The molecule has 0 aromatic carbocycles. The van der Waals surface area contributed by atoms with Crippen LogP contribution in [0.5, 0.6) is 0 Å². The van der Waals surface area contributed by atoms with Gasteiger partial charge >= 0.3 is 0 Å². The van der Waals surface area contributed by atoms with Crippen LogP contribution in [0, 0.1) is 0 Å². The molecular weight excluding hydrogens is 266 g/mol. The van der Waals surface area contributed by atoms with Gasteiger partial charge in [0.05, 0.1) is 6.54 Å². The fraction of sp³-hybridized carbons (Fsp3) is 0.562. The Kier molecular flexibility index (Phi) is 3.90. The highest BCUT2D eigenvalue weighted by atomic mass is 16.2. The van der Waals surface area contributed by atoms with Crippen molar-refractivity contribution in [2.45, 2.75) is 44.1 Å². The molecule has 5 nitrogen and oxygen atoms in total. The minimum atomic E-state index is -0.627. The molecular formula is C16H21N3O2. The molecule has 0 atom stereocenters. The number of hydrogen-bond donors (Lipinski definition) is 1. The standard InChI is InChI=1S/C16H21N3O2/c20-14-12-19(11-7-13-6-2-5-10-17-13)15(21)16(18-14)8-3-1-4-9-16/h2,5-6,10H,1,3-4,7-9,11-12H2,(H,18,20). The van der Waals surface area contributed by atoms with Crippen LogP contribution in [0.25, 0.3) is 0 Å². The minimum absolute atomic E-state index is 0.0301. The molecule has 1 aromatic heterocycles. The van der Waals surface area contributed by atoms with Gasteiger partial charge in [0, 0.05) is 24.9 Å². The van der Waals surface area contributed by atoms with Crippen LogP contribution in [0.3, 0.4) is 0 Å². The van der Waals surface area contributed by atoms with E-state index in [-0.39, 0.29) is 18.4 Å². The molecule has 1 N–H and O–H groups in total. The second-order valence-electron chi connectivity index (χ2n) is 5.99. The maximum Gasteiger partial charge on any atom is 0.248 e. The molecule has 0 bridgehead atoms. The summed E-state index contributed by atoms with van der Waals surface area (Å²) in [6, 6.07) is 5.76. The topological polar surface area (TPSA) is 62.3 Å². The molecule has 1 saturated carbocycles. The van der Waals surface area contributed by atoms with Crippen molar-refractivity contribution in [3.05, 3.63) is 30.1 Å². The zero-order valence-electron chi connectivity index (χ0n) is 12.2. The summed E-state index contributed by atoms with van der Waals surface area (Å²) < 4.78 is 0. The van der Waals surface area contributed by atoms with Crippen molar-refractivity contribution in [3.63, 3.8) is 0 Å². The first-order chi connectivity index (χ1) is 10.2. The monoisotopic (exact) mass is 287 g/mol. The lowest BCUT2D eigenvalue weighted by Crippen LogP contribution is -2.67. The molecule has 5 heteroatoms. The Morgan fingerprint density at radius 2 is 2.00 bits per heavy atom. The van der Waals surface area contributed by atoms with Crippen LogP contribution in [-0.4, -0.2) is 40.3 Å². The molecule has 2 heterocycles. The first-order valence-corrected chi connectivity index (χ1v) is 7.70. The van der Waals surface area contributed by atoms with Crippen molar-refractivity contribution in [2.75, 3.05) is 13.1 Å². The fourth-order valence-electron chi connectivity index (χ4n) is 3.38. The lowest BCUT2D eigenvalue weighted by atomic mass is 9.79. The Hall–Kier alpha value is -1.91. The summed E-state index contributed by atoms with van der Waals surface area (Å²) in [5.41, 5.74) is 0.325. The molecule has 1 aliphatic carbocycles. The van der Waals surface area contributed by atoms with Crippen LogP contribution in [0.4, 0.5) is 0 Å². The molecule has 3 rings (SSSR count). The molecule has 1 aliphatic heterocycles. The van der Waals surface area contributed by atoms with Crippen LogP contribution < -0.4 is 5.32 Å². The van der Waals surface area contributed by atoms with Crippen molar-refractivity contribution in [2.24, 2.45) is 0 Å². The van der Waals surface area contributed by atoms with Gasteiger partial charge in [0.15, 0.2) is 0 Å². The number of aromatic nitrogens is 1. The number of amides is 2. The van der Waals surface area contributed by atoms with E-state index in [1.165, 1.54) is 0 Å². The third kappa shape index (κ3) is 2.91. The summed E-state index contributed by atoms with van der Waals surface area (Å²) in [5, 5.41) is 2.96. The van der Waals surface area contributed by atoms with Gasteiger partial charge in [0.1, 0.15) is 5.54 Å². The lowest BCUT2D eigenvalue weighted by molar-refractivity contribution is -0.151. The maximum absolute atomic E-state index is 12.8. The van der Waals surface area contributed by atoms with Gasteiger partial charge in [-0.15, -0.1) is 0 Å². The Morgan fingerprint density at radius 1 is 1.19 bits per heavy atom. The summed E-state index contributed by atoms with van der Waals surface area (Å²) in [6.45, 7) is 0.735. The van der Waals surface area contributed by atoms with Gasteiger partial charge in [0.25, 0.3) is 0 Å². The number of carbonyl (C=O) groups excluding carboxylic acids is 2. The van der Waals surface area contributed by atoms with Crippen LogP contribution in [0.1, 0.15) is 37.8 Å². The molecule has 0 unspecified atom stereocenters. The Labute approximate surface area is 124 Å². The number of pyridine rings is 1. The maximum atomic E-state index is 12.8. The minimum Gasteiger partial charge on any atom is -0.340 e. The molecule has 112 valence electrons. The van der Waals surface area contributed by atoms with E-state index in [9.17, 15) is 9.59 Å². The van der Waals surface area contributed by atoms with Crippen molar-refractivity contribution in [3.8, 4) is 0 Å². The summed E-state index contributed by atoms with van der Waals surface area (Å²) in [7, 11) is 0. The molecule has 1 spiro atoms. The van der Waals surface area contributed by atoms with Gasteiger partial charge in [0.2, 0.25) is 11.8 Å². The predicted octanol–water partition coefficient (Wildman–Crippen LogP) is 1.29. The van der Waals surface area contributed by atoms with Gasteiger partial charge < -0.3 is 10.2 Å². The third-order valence-electron chi connectivity index (χ3n) is 4.48. The zero-order chi connectivity index (χ0) is 14.7. The second kappa shape index (κ2) is 5.84. The number of nitrogens with one attached hydrogen (secondary N) is 1. The van der Waals surface area contributed by atoms with Gasteiger partial charge in [-0.25, -0.2) is 0 Å². The van der Waals surface area contributed by atoms with Crippen molar-refractivity contribution in [1.82, 2.24) is 15.2 Å². The average molecular weight is 287 g/mol. The van der Waals surface area contributed by atoms with Crippen molar-refractivity contribution >= 4 is 11.8 Å². The molecule has 2 fully saturated rings. The molecule has 2 amide bonds. The highest BCUT2D eigenvalue weighted by molar-refractivity contribution is 5.98. The summed E-state index contributed by atoms with van der Waals surface area (Å²) in [6.07, 6.45) is 7.17. The Balaban J connectivity index is 1.69. The zero-order valence-corrected chi connectivity index (χ0v) is 12.2. The lowest BCUT2D eigenvalue weighted by Gasteiger charge is -2.44. The number of hydrogen-bond acceptors (Lipinski definition) is 3. The first-order valence-electron chi connectivity index (χ1n) is 7.70. The van der Waals surface area contributed by atoms with Gasteiger partial charge in [-0.2, -0.15) is 0 Å². The van der Waals surface area contributed by atoms with Crippen LogP contribution >= 0.6 is 0 Å².